The number of aliphatic hydroxyl groups is 1. The van der Waals surface area contributed by atoms with Crippen molar-refractivity contribution in [3.05, 3.63) is 35.4 Å². The Morgan fingerprint density at radius 2 is 1.95 bits per heavy atom. The number of esters is 1. The van der Waals surface area contributed by atoms with Crippen LogP contribution in [-0.4, -0.2) is 24.0 Å². The fourth-order valence-electron chi connectivity index (χ4n) is 1.60. The number of hydrogen-bond donors (Lipinski definition) is 1. The molecule has 0 aliphatic heterocycles. The third kappa shape index (κ3) is 5.25. The lowest BCUT2D eigenvalue weighted by Crippen LogP contribution is -2.02. The molecule has 1 rings (SSSR count). The second kappa shape index (κ2) is 8.13. The normalized spacial score (nSPS) is 11.2. The Morgan fingerprint density at radius 1 is 1.30 bits per heavy atom. The molecule has 1 atom stereocenters. The molecule has 0 heterocycles. The molecule has 4 heteroatoms. The summed E-state index contributed by atoms with van der Waals surface area (Å²) >= 11 is 0. The molecule has 106 valence electrons. The van der Waals surface area contributed by atoms with E-state index < -0.39 is 12.1 Å². The van der Waals surface area contributed by atoms with E-state index in [1.54, 1.807) is 31.2 Å². The molecule has 0 fully saturated rings. The van der Waals surface area contributed by atoms with Gasteiger partial charge in [-0.3, -0.25) is 0 Å². The first kappa shape index (κ1) is 15.9. The number of methoxy groups -OCH3 is 1. The van der Waals surface area contributed by atoms with Crippen LogP contribution in [0.2, 0.25) is 0 Å². The summed E-state index contributed by atoms with van der Waals surface area (Å²) in [6, 6.07) is 6.45. The van der Waals surface area contributed by atoms with Gasteiger partial charge in [0, 0.05) is 12.8 Å². The van der Waals surface area contributed by atoms with Crippen molar-refractivity contribution in [1.29, 1.82) is 0 Å². The summed E-state index contributed by atoms with van der Waals surface area (Å²) in [7, 11) is 1.32. The maximum absolute atomic E-state index is 11.3. The quantitative estimate of drug-likeness (QED) is 0.508. The highest BCUT2D eigenvalue weighted by Gasteiger charge is 2.07. The summed E-state index contributed by atoms with van der Waals surface area (Å²) in [6.07, 6.45) is 0.908. The van der Waals surface area contributed by atoms with Crippen molar-refractivity contribution in [3.63, 3.8) is 0 Å². The van der Waals surface area contributed by atoms with Crippen molar-refractivity contribution in [1.82, 2.24) is 0 Å². The number of ketones is 1. The minimum atomic E-state index is -0.890. The average molecular weight is 274 g/mol. The first-order valence-electron chi connectivity index (χ1n) is 6.38. The standard InChI is InChI=1S/C16H18O4/c1-12(17)6-4-3-5-7-15(18)13-8-10-14(11-9-13)16(19)20-2/h8-11,15,18H,3-4,6H2,1-2H3. The Hall–Kier alpha value is -2.12. The summed E-state index contributed by atoms with van der Waals surface area (Å²) in [5.74, 6) is 5.29. The predicted molar refractivity (Wildman–Crippen MR) is 75.0 cm³/mol. The molecule has 0 spiro atoms. The number of Topliss-reactive ketones (excluding diaryl/α,β-unsaturated/α-hetero) is 1. The van der Waals surface area contributed by atoms with Gasteiger partial charge in [0.2, 0.25) is 0 Å². The van der Waals surface area contributed by atoms with Crippen molar-refractivity contribution in [3.8, 4) is 11.8 Å². The van der Waals surface area contributed by atoms with Crippen LogP contribution in [0.4, 0.5) is 0 Å². The molecule has 1 unspecified atom stereocenters. The predicted octanol–water partition coefficient (Wildman–Crippen LogP) is 2.27. The van der Waals surface area contributed by atoms with Gasteiger partial charge >= 0.3 is 5.97 Å². The van der Waals surface area contributed by atoms with Crippen LogP contribution in [0.25, 0.3) is 0 Å². The molecular formula is C16H18O4. The molecule has 0 radical (unpaired) electrons. The first-order valence-corrected chi connectivity index (χ1v) is 6.38. The van der Waals surface area contributed by atoms with E-state index in [1.165, 1.54) is 7.11 Å². The van der Waals surface area contributed by atoms with Crippen LogP contribution in [-0.2, 0) is 9.53 Å². The minimum absolute atomic E-state index is 0.144. The van der Waals surface area contributed by atoms with Crippen LogP contribution in [0.5, 0.6) is 0 Å². The van der Waals surface area contributed by atoms with Crippen LogP contribution < -0.4 is 0 Å². The lowest BCUT2D eigenvalue weighted by Gasteiger charge is -2.04. The highest BCUT2D eigenvalue weighted by Crippen LogP contribution is 2.13. The van der Waals surface area contributed by atoms with Gasteiger partial charge < -0.3 is 14.6 Å². The molecule has 20 heavy (non-hydrogen) atoms. The van der Waals surface area contributed by atoms with Gasteiger partial charge in [-0.05, 0) is 31.0 Å². The number of carbonyl (C=O) groups excluding carboxylic acids is 2. The van der Waals surface area contributed by atoms with E-state index in [2.05, 4.69) is 16.6 Å². The number of hydrogen-bond acceptors (Lipinski definition) is 4. The number of aliphatic hydroxyl groups excluding tert-OH is 1. The van der Waals surface area contributed by atoms with E-state index >= 15 is 0 Å². The third-order valence-corrected chi connectivity index (χ3v) is 2.72. The molecule has 1 aromatic rings. The van der Waals surface area contributed by atoms with E-state index in [-0.39, 0.29) is 5.78 Å². The Kier molecular flexibility index (Phi) is 6.48. The van der Waals surface area contributed by atoms with Gasteiger partial charge in [-0.1, -0.05) is 18.1 Å². The molecule has 0 saturated carbocycles. The van der Waals surface area contributed by atoms with E-state index in [1.807, 2.05) is 0 Å². The smallest absolute Gasteiger partial charge is 0.337 e. The molecule has 0 amide bonds. The molecule has 0 aromatic heterocycles. The van der Waals surface area contributed by atoms with Gasteiger partial charge in [-0.15, -0.1) is 5.92 Å². The molecule has 0 aliphatic rings. The van der Waals surface area contributed by atoms with E-state index in [0.717, 1.165) is 0 Å². The summed E-state index contributed by atoms with van der Waals surface area (Å²) in [5, 5.41) is 9.86. The van der Waals surface area contributed by atoms with Crippen molar-refractivity contribution < 1.29 is 19.4 Å². The molecular weight excluding hydrogens is 256 g/mol. The number of rotatable bonds is 5. The summed E-state index contributed by atoms with van der Waals surface area (Å²) in [5.41, 5.74) is 1.05. The number of ether oxygens (including phenoxy) is 1. The fourth-order valence-corrected chi connectivity index (χ4v) is 1.60. The third-order valence-electron chi connectivity index (χ3n) is 2.72. The molecule has 4 nitrogen and oxygen atoms in total. The highest BCUT2D eigenvalue weighted by molar-refractivity contribution is 5.89. The first-order chi connectivity index (χ1) is 9.54. The second-order valence-corrected chi connectivity index (χ2v) is 4.39. The fraction of sp³-hybridized carbons (Fsp3) is 0.375. The highest BCUT2D eigenvalue weighted by atomic mass is 16.5. The Labute approximate surface area is 118 Å². The molecule has 1 N–H and O–H groups in total. The van der Waals surface area contributed by atoms with Crippen molar-refractivity contribution in [2.24, 2.45) is 0 Å². The Morgan fingerprint density at radius 3 is 2.50 bits per heavy atom. The minimum Gasteiger partial charge on any atom is -0.465 e. The lowest BCUT2D eigenvalue weighted by atomic mass is 10.1. The van der Waals surface area contributed by atoms with E-state index in [4.69, 9.17) is 0 Å². The second-order valence-electron chi connectivity index (χ2n) is 4.39. The van der Waals surface area contributed by atoms with E-state index in [0.29, 0.717) is 30.4 Å². The average Bonchev–Trinajstić information content (AvgIpc) is 2.45. The van der Waals surface area contributed by atoms with Crippen LogP contribution in [0.3, 0.4) is 0 Å². The Balaban J connectivity index is 2.55. The van der Waals surface area contributed by atoms with Crippen molar-refractivity contribution in [2.45, 2.75) is 32.3 Å². The maximum atomic E-state index is 11.3. The zero-order chi connectivity index (χ0) is 15.0. The van der Waals surface area contributed by atoms with Gasteiger partial charge in [0.05, 0.1) is 12.7 Å². The summed E-state index contributed by atoms with van der Waals surface area (Å²) in [6.45, 7) is 1.55. The van der Waals surface area contributed by atoms with Crippen LogP contribution in [0, 0.1) is 11.8 Å². The Bertz CT molecular complexity index is 520. The van der Waals surface area contributed by atoms with Gasteiger partial charge in [0.1, 0.15) is 11.9 Å². The lowest BCUT2D eigenvalue weighted by molar-refractivity contribution is -0.117. The zero-order valence-corrected chi connectivity index (χ0v) is 11.7. The topological polar surface area (TPSA) is 63.6 Å². The number of carbonyl (C=O) groups is 2. The van der Waals surface area contributed by atoms with Gasteiger partial charge in [-0.2, -0.15) is 0 Å². The van der Waals surface area contributed by atoms with Crippen molar-refractivity contribution >= 4 is 11.8 Å². The van der Waals surface area contributed by atoms with Crippen molar-refractivity contribution in [2.75, 3.05) is 7.11 Å². The summed E-state index contributed by atoms with van der Waals surface area (Å²) < 4.78 is 4.59. The van der Waals surface area contributed by atoms with Crippen LogP contribution >= 0.6 is 0 Å². The van der Waals surface area contributed by atoms with Crippen LogP contribution in [0.15, 0.2) is 24.3 Å². The largest absolute Gasteiger partial charge is 0.465 e. The number of benzene rings is 1. The van der Waals surface area contributed by atoms with Crippen LogP contribution in [0.1, 0.15) is 48.2 Å². The summed E-state index contributed by atoms with van der Waals surface area (Å²) in [4.78, 5) is 22.0. The van der Waals surface area contributed by atoms with E-state index in [9.17, 15) is 14.7 Å². The molecule has 0 bridgehead atoms. The van der Waals surface area contributed by atoms with Gasteiger partial charge in [0.15, 0.2) is 0 Å². The molecule has 1 aromatic carbocycles. The van der Waals surface area contributed by atoms with Gasteiger partial charge in [-0.25, -0.2) is 4.79 Å². The van der Waals surface area contributed by atoms with Gasteiger partial charge in [0.25, 0.3) is 0 Å². The SMILES string of the molecule is COC(=O)c1ccc(C(O)C#CCCCC(C)=O)cc1. The monoisotopic (exact) mass is 274 g/mol. The molecule has 0 aliphatic carbocycles. The maximum Gasteiger partial charge on any atom is 0.337 e. The molecule has 0 saturated heterocycles. The number of unbranched alkanes of at least 4 members (excludes halogenated alkanes) is 1. The zero-order valence-electron chi connectivity index (χ0n) is 11.7.